The summed E-state index contributed by atoms with van der Waals surface area (Å²) in [7, 11) is -11.0. The van der Waals surface area contributed by atoms with Gasteiger partial charge in [-0.05, 0) is 0 Å². The van der Waals surface area contributed by atoms with E-state index in [1.54, 1.807) is 0 Å². The van der Waals surface area contributed by atoms with Gasteiger partial charge in [-0.15, -0.1) is 0 Å². The van der Waals surface area contributed by atoms with Crippen LogP contribution in [-0.4, -0.2) is 69.2 Å². The SMILES string of the molecule is FC(F)(F)C(F)(O[Si](OC(F)(C(F)(F)F)C(F)(F)F)(OC(F)(C(F)(F)F)C(F)(F)F)C(F)(F)F)C(F)(F)F. The molecule has 0 aliphatic heterocycles. The van der Waals surface area contributed by atoms with Crippen LogP contribution in [0.15, 0.2) is 0 Å². The van der Waals surface area contributed by atoms with E-state index in [2.05, 4.69) is 0 Å². The van der Waals surface area contributed by atoms with E-state index in [0.717, 1.165) is 0 Å². The third-order valence-corrected chi connectivity index (χ3v) is 5.70. The molecule has 0 rings (SSSR count). The Hall–Kier alpha value is -1.58. The van der Waals surface area contributed by atoms with Crippen LogP contribution < -0.4 is 0 Å². The highest BCUT2D eigenvalue weighted by molar-refractivity contribution is 6.63. The molecule has 0 bridgehead atoms. The van der Waals surface area contributed by atoms with Crippen LogP contribution in [0.5, 0.6) is 0 Å². The maximum atomic E-state index is 13.7. The maximum Gasteiger partial charge on any atom is 0.624 e. The lowest BCUT2D eigenvalue weighted by atomic mass is 10.3. The van der Waals surface area contributed by atoms with Crippen molar-refractivity contribution >= 4 is 8.80 Å². The molecule has 0 saturated carbocycles. The van der Waals surface area contributed by atoms with E-state index in [1.807, 2.05) is 0 Å². The fraction of sp³-hybridized carbons (Fsp3) is 1.00. The first-order valence-corrected chi connectivity index (χ1v) is 9.24. The average Bonchev–Trinajstić information content (AvgIpc) is 2.54. The molecule has 0 unspecified atom stereocenters. The number of hydrogen-bond donors (Lipinski definition) is 0. The zero-order chi connectivity index (χ0) is 31.6. The molecule has 28 heteroatoms. The third-order valence-electron chi connectivity index (χ3n) is 3.36. The van der Waals surface area contributed by atoms with Crippen molar-refractivity contribution < 1.29 is 119 Å². The van der Waals surface area contributed by atoms with Crippen molar-refractivity contribution in [3.05, 3.63) is 0 Å². The normalized spacial score (nSPS) is 16.7. The van der Waals surface area contributed by atoms with Crippen LogP contribution in [0, 0.1) is 0 Å². The van der Waals surface area contributed by atoms with Crippen LogP contribution in [0.2, 0.25) is 0 Å². The van der Waals surface area contributed by atoms with E-state index in [-0.39, 0.29) is 0 Å². The molecule has 0 atom stereocenters. The Balaban J connectivity index is 8.09. The Morgan fingerprint density at radius 1 is 0.263 bits per heavy atom. The predicted molar refractivity (Wildman–Crippen MR) is 62.9 cm³/mol. The molecule has 230 valence electrons. The Morgan fingerprint density at radius 3 is 0.474 bits per heavy atom. The largest absolute Gasteiger partial charge is 0.624 e. The van der Waals surface area contributed by atoms with E-state index in [1.165, 1.54) is 13.3 Å². The molecule has 38 heavy (non-hydrogen) atoms. The number of rotatable bonds is 6. The average molecular weight is 652 g/mol. The third kappa shape index (κ3) is 6.09. The van der Waals surface area contributed by atoms with Gasteiger partial charge in [-0.1, -0.05) is 0 Å². The van der Waals surface area contributed by atoms with Crippen molar-refractivity contribution in [3.8, 4) is 0 Å². The summed E-state index contributed by atoms with van der Waals surface area (Å²) < 4.78 is 311. The molecule has 0 aliphatic carbocycles. The molecular formula is C10F24O3Si. The second-order valence-corrected chi connectivity index (χ2v) is 8.42. The molecule has 0 saturated heterocycles. The van der Waals surface area contributed by atoms with Crippen molar-refractivity contribution in [1.29, 1.82) is 0 Å². The first-order valence-electron chi connectivity index (χ1n) is 7.51. The van der Waals surface area contributed by atoms with Crippen LogP contribution in [-0.2, 0) is 13.3 Å². The maximum absolute atomic E-state index is 13.7. The molecule has 0 aliphatic rings. The molecular weight excluding hydrogens is 652 g/mol. The van der Waals surface area contributed by atoms with Gasteiger partial charge in [0.25, 0.3) is 0 Å². The van der Waals surface area contributed by atoms with Crippen LogP contribution >= 0.6 is 0 Å². The second kappa shape index (κ2) is 9.23. The van der Waals surface area contributed by atoms with Gasteiger partial charge < -0.3 is 13.3 Å². The molecule has 0 aromatic rings. The van der Waals surface area contributed by atoms with Crippen molar-refractivity contribution in [3.63, 3.8) is 0 Å². The van der Waals surface area contributed by atoms with Gasteiger partial charge in [0.05, 0.1) is 0 Å². The highest BCUT2D eigenvalue weighted by atomic mass is 28.4. The zero-order valence-corrected chi connectivity index (χ0v) is 16.8. The van der Waals surface area contributed by atoms with Crippen LogP contribution in [0.3, 0.4) is 0 Å². The van der Waals surface area contributed by atoms with E-state index in [9.17, 15) is 105 Å². The fourth-order valence-corrected chi connectivity index (χ4v) is 3.90. The summed E-state index contributed by atoms with van der Waals surface area (Å²) in [4.78, 5) is 0. The first-order chi connectivity index (χ1) is 15.9. The Bertz CT molecular complexity index is 680. The number of alkyl halides is 24. The molecule has 0 radical (unpaired) electrons. The summed E-state index contributed by atoms with van der Waals surface area (Å²) in [5.41, 5.74) is 0. The molecule has 0 N–H and O–H groups in total. The van der Waals surface area contributed by atoms with Gasteiger partial charge in [-0.3, -0.25) is 0 Å². The van der Waals surface area contributed by atoms with Crippen LogP contribution in [0.4, 0.5) is 105 Å². The molecule has 0 heterocycles. The summed E-state index contributed by atoms with van der Waals surface area (Å²) in [6.07, 6.45) is -50.0. The van der Waals surface area contributed by atoms with Crippen molar-refractivity contribution in [2.45, 2.75) is 60.4 Å². The Morgan fingerprint density at radius 2 is 0.395 bits per heavy atom. The molecule has 0 fully saturated rings. The minimum Gasteiger partial charge on any atom is -0.320 e. The number of hydrogen-bond acceptors (Lipinski definition) is 3. The lowest BCUT2D eigenvalue weighted by Crippen LogP contribution is -2.76. The van der Waals surface area contributed by atoms with Gasteiger partial charge in [-0.2, -0.15) is 105 Å². The van der Waals surface area contributed by atoms with Crippen molar-refractivity contribution in [2.24, 2.45) is 0 Å². The quantitative estimate of drug-likeness (QED) is 0.221. The lowest BCUT2D eigenvalue weighted by Gasteiger charge is -2.44. The summed E-state index contributed by atoms with van der Waals surface area (Å²) in [5.74, 6) is -34.3. The Labute approximate surface area is 189 Å². The van der Waals surface area contributed by atoms with Gasteiger partial charge >= 0.3 is 69.2 Å². The minimum atomic E-state index is -11.0. The minimum absolute atomic E-state index is 1.26. The van der Waals surface area contributed by atoms with Gasteiger partial charge in [0, 0.05) is 0 Å². The summed E-state index contributed by atoms with van der Waals surface area (Å²) in [6, 6.07) is 0. The predicted octanol–water partition coefficient (Wildman–Crippen LogP) is 7.45. The standard InChI is InChI=1S/C10F24O3Si/c11-1(4(14,15)16,5(17,18)19)35-38(10(32,33)34,36-2(12,6(20,21)22)7(23,24)25)37-3(13,8(26,27)28)9(29,30)31. The summed E-state index contributed by atoms with van der Waals surface area (Å²) in [5, 5.41) is 0. The molecule has 0 aromatic carbocycles. The molecule has 0 spiro atoms. The fourth-order valence-electron chi connectivity index (χ4n) is 1.62. The second-order valence-electron chi connectivity index (χ2n) is 6.13. The van der Waals surface area contributed by atoms with Gasteiger partial charge in [0.15, 0.2) is 0 Å². The molecule has 0 amide bonds. The van der Waals surface area contributed by atoms with Gasteiger partial charge in [0.2, 0.25) is 0 Å². The summed E-state index contributed by atoms with van der Waals surface area (Å²) >= 11 is 0. The van der Waals surface area contributed by atoms with Crippen molar-refractivity contribution in [2.75, 3.05) is 0 Å². The van der Waals surface area contributed by atoms with E-state index >= 15 is 0 Å². The smallest absolute Gasteiger partial charge is 0.320 e. The van der Waals surface area contributed by atoms with Crippen LogP contribution in [0.25, 0.3) is 0 Å². The highest BCUT2D eigenvalue weighted by Crippen LogP contribution is 2.58. The van der Waals surface area contributed by atoms with E-state index in [4.69, 9.17) is 0 Å². The van der Waals surface area contributed by atoms with E-state index < -0.39 is 69.2 Å². The highest BCUT2D eigenvalue weighted by Gasteiger charge is 2.91. The van der Waals surface area contributed by atoms with Gasteiger partial charge in [0.1, 0.15) is 0 Å². The first kappa shape index (κ1) is 36.4. The zero-order valence-electron chi connectivity index (χ0n) is 15.8. The topological polar surface area (TPSA) is 27.7 Å². The van der Waals surface area contributed by atoms with Crippen LogP contribution in [0.1, 0.15) is 0 Å². The lowest BCUT2D eigenvalue weighted by molar-refractivity contribution is -0.462. The van der Waals surface area contributed by atoms with Gasteiger partial charge in [-0.25, -0.2) is 0 Å². The Kier molecular flexibility index (Phi) is 8.85. The number of halogens is 24. The summed E-state index contributed by atoms with van der Waals surface area (Å²) in [6.45, 7) is 0. The molecule has 0 aromatic heterocycles. The van der Waals surface area contributed by atoms with E-state index in [0.29, 0.717) is 0 Å². The monoisotopic (exact) mass is 652 g/mol. The van der Waals surface area contributed by atoms with Crippen molar-refractivity contribution in [1.82, 2.24) is 0 Å². The molecule has 3 nitrogen and oxygen atoms in total.